The zero-order chi connectivity index (χ0) is 19.1. The normalized spacial score (nSPS) is 10.8. The number of carbonyl (C=O) groups excluding carboxylic acids is 2. The number of hydrogen-bond donors (Lipinski definition) is 2. The number of anilines is 1. The minimum Gasteiger partial charge on any atom is -0.355 e. The van der Waals surface area contributed by atoms with Crippen molar-refractivity contribution in [3.63, 3.8) is 0 Å². The fourth-order valence-electron chi connectivity index (χ4n) is 2.22. The van der Waals surface area contributed by atoms with Crippen molar-refractivity contribution < 1.29 is 9.59 Å². The monoisotopic (exact) mass is 414 g/mol. The largest absolute Gasteiger partial charge is 0.355 e. The zero-order valence-electron chi connectivity index (χ0n) is 14.5. The van der Waals surface area contributed by atoms with Crippen LogP contribution in [0.3, 0.4) is 0 Å². The summed E-state index contributed by atoms with van der Waals surface area (Å²) in [6, 6.07) is 5.26. The molecule has 0 aliphatic heterocycles. The van der Waals surface area contributed by atoms with Gasteiger partial charge in [0.2, 0.25) is 11.8 Å². The summed E-state index contributed by atoms with van der Waals surface area (Å²) in [5.74, 6) is -0.315. The minimum atomic E-state index is -0.216. The maximum Gasteiger partial charge on any atom is 0.240 e. The van der Waals surface area contributed by atoms with Gasteiger partial charge in [-0.3, -0.25) is 14.5 Å². The first-order valence-corrected chi connectivity index (χ1v) is 9.76. The first-order valence-electron chi connectivity index (χ1n) is 8.12. The van der Waals surface area contributed by atoms with E-state index in [1.165, 1.54) is 11.3 Å². The summed E-state index contributed by atoms with van der Waals surface area (Å²) in [5, 5.41) is 8.74. The summed E-state index contributed by atoms with van der Waals surface area (Å²) < 4.78 is 0. The van der Waals surface area contributed by atoms with Crippen LogP contribution in [0.25, 0.3) is 11.3 Å². The summed E-state index contributed by atoms with van der Waals surface area (Å²) in [5.41, 5.74) is 1.53. The number of carbonyl (C=O) groups is 2. The summed E-state index contributed by atoms with van der Waals surface area (Å²) in [4.78, 5) is 30.0. The lowest BCUT2D eigenvalue weighted by atomic mass is 10.2. The van der Waals surface area contributed by atoms with Crippen molar-refractivity contribution in [2.24, 2.45) is 0 Å². The van der Waals surface area contributed by atoms with Crippen LogP contribution in [0.4, 0.5) is 5.13 Å². The molecule has 6 nitrogen and oxygen atoms in total. The molecule has 0 unspecified atom stereocenters. The number of nitrogens with zero attached hydrogens (tertiary/aromatic N) is 2. The van der Waals surface area contributed by atoms with Crippen LogP contribution < -0.4 is 10.6 Å². The van der Waals surface area contributed by atoms with E-state index in [1.54, 1.807) is 17.0 Å². The van der Waals surface area contributed by atoms with Gasteiger partial charge < -0.3 is 10.6 Å². The van der Waals surface area contributed by atoms with Gasteiger partial charge in [-0.15, -0.1) is 11.3 Å². The van der Waals surface area contributed by atoms with Crippen LogP contribution in [0.2, 0.25) is 10.0 Å². The molecule has 0 aliphatic rings. The van der Waals surface area contributed by atoms with Gasteiger partial charge in [0.1, 0.15) is 0 Å². The molecule has 0 radical (unpaired) electrons. The first-order chi connectivity index (χ1) is 12.4. The highest BCUT2D eigenvalue weighted by molar-refractivity contribution is 7.14. The summed E-state index contributed by atoms with van der Waals surface area (Å²) in [6.45, 7) is 5.22. The summed E-state index contributed by atoms with van der Waals surface area (Å²) in [6.07, 6.45) is 0. The van der Waals surface area contributed by atoms with Crippen molar-refractivity contribution in [1.82, 2.24) is 15.2 Å². The van der Waals surface area contributed by atoms with E-state index in [0.717, 1.165) is 5.56 Å². The van der Waals surface area contributed by atoms with Gasteiger partial charge in [0, 0.05) is 17.5 Å². The molecule has 2 N–H and O–H groups in total. The van der Waals surface area contributed by atoms with Crippen LogP contribution in [0.5, 0.6) is 0 Å². The van der Waals surface area contributed by atoms with E-state index in [9.17, 15) is 9.59 Å². The minimum absolute atomic E-state index is 0.0988. The molecule has 9 heteroatoms. The van der Waals surface area contributed by atoms with Crippen molar-refractivity contribution in [1.29, 1.82) is 0 Å². The maximum absolute atomic E-state index is 12.2. The number of hydrogen-bond acceptors (Lipinski definition) is 5. The van der Waals surface area contributed by atoms with Gasteiger partial charge >= 0.3 is 0 Å². The highest BCUT2D eigenvalue weighted by atomic mass is 35.5. The van der Waals surface area contributed by atoms with Crippen LogP contribution in [-0.2, 0) is 9.59 Å². The van der Waals surface area contributed by atoms with Gasteiger partial charge in [-0.05, 0) is 25.6 Å². The third-order valence-electron chi connectivity index (χ3n) is 3.52. The topological polar surface area (TPSA) is 74.3 Å². The highest BCUT2D eigenvalue weighted by Crippen LogP contribution is 2.30. The van der Waals surface area contributed by atoms with Crippen LogP contribution in [0.1, 0.15) is 13.8 Å². The lowest BCUT2D eigenvalue weighted by Crippen LogP contribution is -2.40. The summed E-state index contributed by atoms with van der Waals surface area (Å²) in [7, 11) is 0. The second-order valence-corrected chi connectivity index (χ2v) is 7.14. The average Bonchev–Trinajstić information content (AvgIpc) is 3.05. The Morgan fingerprint density at radius 1 is 1.15 bits per heavy atom. The van der Waals surface area contributed by atoms with E-state index >= 15 is 0 Å². The SMILES string of the molecule is CCNC(=O)CN(CC)CC(=O)Nc1nc(-c2ccc(Cl)c(Cl)c2)cs1. The number of amides is 2. The van der Waals surface area contributed by atoms with Crippen molar-refractivity contribution in [2.75, 3.05) is 31.5 Å². The molecule has 0 spiro atoms. The number of benzene rings is 1. The quantitative estimate of drug-likeness (QED) is 0.692. The van der Waals surface area contributed by atoms with Crippen LogP contribution >= 0.6 is 34.5 Å². The smallest absolute Gasteiger partial charge is 0.240 e. The Labute approximate surface area is 166 Å². The molecule has 0 atom stereocenters. The van der Waals surface area contributed by atoms with E-state index in [2.05, 4.69) is 15.6 Å². The number of thiazole rings is 1. The predicted molar refractivity (Wildman–Crippen MR) is 107 cm³/mol. The van der Waals surface area contributed by atoms with Crippen LogP contribution in [-0.4, -0.2) is 47.9 Å². The van der Waals surface area contributed by atoms with Crippen molar-refractivity contribution in [2.45, 2.75) is 13.8 Å². The molecule has 0 aliphatic carbocycles. The van der Waals surface area contributed by atoms with E-state index < -0.39 is 0 Å². The average molecular weight is 415 g/mol. The third-order valence-corrected chi connectivity index (χ3v) is 5.02. The number of likely N-dealkylation sites (N-methyl/N-ethyl adjacent to an activating group) is 2. The Balaban J connectivity index is 1.96. The lowest BCUT2D eigenvalue weighted by molar-refractivity contribution is -0.123. The van der Waals surface area contributed by atoms with Gasteiger partial charge in [-0.25, -0.2) is 4.98 Å². The first kappa shape index (κ1) is 20.6. The molecular formula is C17H20Cl2N4O2S. The number of nitrogens with one attached hydrogen (secondary N) is 2. The molecule has 0 saturated heterocycles. The third kappa shape index (κ3) is 5.95. The number of rotatable bonds is 8. The molecule has 0 bridgehead atoms. The van der Waals surface area contributed by atoms with E-state index in [1.807, 2.05) is 25.3 Å². The molecule has 140 valence electrons. The standard InChI is InChI=1S/C17H20Cl2N4O2S/c1-3-20-15(24)8-23(4-2)9-16(25)22-17-21-14(10-26-17)11-5-6-12(18)13(19)7-11/h5-7,10H,3-4,8-9H2,1-2H3,(H,20,24)(H,21,22,25). The molecular weight excluding hydrogens is 395 g/mol. The lowest BCUT2D eigenvalue weighted by Gasteiger charge is -2.18. The second-order valence-electron chi connectivity index (χ2n) is 5.47. The Hall–Kier alpha value is -1.67. The number of aromatic nitrogens is 1. The Morgan fingerprint density at radius 3 is 2.54 bits per heavy atom. The molecule has 2 aromatic rings. The molecule has 26 heavy (non-hydrogen) atoms. The van der Waals surface area contributed by atoms with Gasteiger partial charge in [-0.1, -0.05) is 36.2 Å². The molecule has 1 heterocycles. The van der Waals surface area contributed by atoms with Crippen LogP contribution in [0.15, 0.2) is 23.6 Å². The van der Waals surface area contributed by atoms with Crippen LogP contribution in [0, 0.1) is 0 Å². The Kier molecular flexibility index (Phi) is 7.84. The maximum atomic E-state index is 12.2. The van der Waals surface area contributed by atoms with Gasteiger partial charge in [0.05, 0.1) is 28.8 Å². The second kappa shape index (κ2) is 9.87. The highest BCUT2D eigenvalue weighted by Gasteiger charge is 2.14. The Morgan fingerprint density at radius 2 is 1.88 bits per heavy atom. The number of halogens is 2. The fraction of sp³-hybridized carbons (Fsp3) is 0.353. The van der Waals surface area contributed by atoms with Gasteiger partial charge in [-0.2, -0.15) is 0 Å². The van der Waals surface area contributed by atoms with Crippen molar-refractivity contribution in [3.05, 3.63) is 33.6 Å². The molecule has 2 rings (SSSR count). The molecule has 0 fully saturated rings. The van der Waals surface area contributed by atoms with E-state index in [4.69, 9.17) is 23.2 Å². The van der Waals surface area contributed by atoms with Gasteiger partial charge in [0.15, 0.2) is 5.13 Å². The van der Waals surface area contributed by atoms with Gasteiger partial charge in [0.25, 0.3) is 0 Å². The zero-order valence-corrected chi connectivity index (χ0v) is 16.8. The summed E-state index contributed by atoms with van der Waals surface area (Å²) >= 11 is 13.3. The van der Waals surface area contributed by atoms with Crippen molar-refractivity contribution >= 4 is 51.5 Å². The van der Waals surface area contributed by atoms with E-state index in [0.29, 0.717) is 34.0 Å². The fourth-order valence-corrected chi connectivity index (χ4v) is 3.25. The van der Waals surface area contributed by atoms with Crippen molar-refractivity contribution in [3.8, 4) is 11.3 Å². The van der Waals surface area contributed by atoms with E-state index in [-0.39, 0.29) is 24.9 Å². The molecule has 0 saturated carbocycles. The predicted octanol–water partition coefficient (Wildman–Crippen LogP) is 3.51. The Bertz CT molecular complexity index is 782. The molecule has 2 amide bonds. The molecule has 1 aromatic heterocycles. The molecule has 1 aromatic carbocycles.